The first-order chi connectivity index (χ1) is 14.0. The summed E-state index contributed by atoms with van der Waals surface area (Å²) in [5.74, 6) is 0. The predicted molar refractivity (Wildman–Crippen MR) is 129 cm³/mol. The third-order valence-corrected chi connectivity index (χ3v) is 20.9. The lowest BCUT2D eigenvalue weighted by Gasteiger charge is -2.48. The Labute approximate surface area is 188 Å². The van der Waals surface area contributed by atoms with E-state index in [1.54, 1.807) is 35.5 Å². The first-order valence-electron chi connectivity index (χ1n) is 11.0. The van der Waals surface area contributed by atoms with Gasteiger partial charge in [-0.1, -0.05) is 41.5 Å². The third kappa shape index (κ3) is 8.05. The van der Waals surface area contributed by atoms with E-state index in [0.717, 1.165) is 18.1 Å². The summed E-state index contributed by atoms with van der Waals surface area (Å²) in [6.45, 7) is 14.9. The molecule has 0 aliphatic heterocycles. The van der Waals surface area contributed by atoms with Crippen molar-refractivity contribution in [3.05, 3.63) is 0 Å². The highest BCUT2D eigenvalue weighted by atomic mass is 28.5. The van der Waals surface area contributed by atoms with Gasteiger partial charge in [-0.25, -0.2) is 0 Å². The van der Waals surface area contributed by atoms with Gasteiger partial charge in [0, 0.05) is 73.5 Å². The van der Waals surface area contributed by atoms with Crippen LogP contribution in [0.4, 0.5) is 0 Å². The topological polar surface area (TPSA) is 64.6 Å². The van der Waals surface area contributed by atoms with Crippen molar-refractivity contribution in [2.75, 3.05) is 55.4 Å². The minimum absolute atomic E-state index is 0.208. The molecule has 0 saturated heterocycles. The summed E-state index contributed by atoms with van der Waals surface area (Å²) in [5.41, 5.74) is 0.719. The number of hydrogen-bond donors (Lipinski definition) is 0. The molecular formula is C20H48O7Si3. The number of rotatable bonds is 18. The van der Waals surface area contributed by atoms with Gasteiger partial charge < -0.3 is 31.3 Å². The fraction of sp³-hybridized carbons (Fsp3) is 1.00. The maximum atomic E-state index is 7.18. The van der Waals surface area contributed by atoms with E-state index in [9.17, 15) is 0 Å². The lowest BCUT2D eigenvalue weighted by Crippen LogP contribution is -2.64. The molecule has 30 heavy (non-hydrogen) atoms. The van der Waals surface area contributed by atoms with Crippen molar-refractivity contribution in [3.8, 4) is 0 Å². The SMILES string of the molecule is COCC[Si](OC)(O[Si](CCOC)(O[Si](CCOC)(OC)C(C)C)C(C)C)C(C)C. The monoisotopic (exact) mass is 484 g/mol. The van der Waals surface area contributed by atoms with E-state index in [4.69, 9.17) is 31.3 Å². The van der Waals surface area contributed by atoms with E-state index < -0.39 is 25.7 Å². The van der Waals surface area contributed by atoms with E-state index in [1.807, 2.05) is 0 Å². The first kappa shape index (κ1) is 30.4. The Kier molecular flexibility index (Phi) is 14.7. The highest BCUT2D eigenvalue weighted by Gasteiger charge is 2.57. The summed E-state index contributed by atoms with van der Waals surface area (Å²) in [4.78, 5) is 0. The van der Waals surface area contributed by atoms with Gasteiger partial charge in [0.25, 0.3) is 0 Å². The quantitative estimate of drug-likeness (QED) is 0.259. The third-order valence-electron chi connectivity index (χ3n) is 5.98. The lowest BCUT2D eigenvalue weighted by molar-refractivity contribution is 0.163. The molecule has 0 aromatic carbocycles. The summed E-state index contributed by atoms with van der Waals surface area (Å²) in [6, 6.07) is 2.25. The maximum Gasteiger partial charge on any atom is 0.334 e. The Hall–Kier alpha value is 0.371. The van der Waals surface area contributed by atoms with Crippen LogP contribution in [0.2, 0.25) is 34.8 Å². The molecule has 0 radical (unpaired) electrons. The lowest BCUT2D eigenvalue weighted by atomic mass is 10.6. The average molecular weight is 485 g/mol. The average Bonchev–Trinajstić information content (AvgIpc) is 2.71. The molecule has 0 heterocycles. The van der Waals surface area contributed by atoms with E-state index >= 15 is 0 Å². The first-order valence-corrected chi connectivity index (χ1v) is 17.3. The van der Waals surface area contributed by atoms with Crippen molar-refractivity contribution in [1.82, 2.24) is 0 Å². The van der Waals surface area contributed by atoms with Crippen molar-refractivity contribution >= 4 is 25.7 Å². The molecule has 0 saturated carbocycles. The van der Waals surface area contributed by atoms with E-state index in [2.05, 4.69) is 41.5 Å². The molecule has 0 bridgehead atoms. The van der Waals surface area contributed by atoms with Crippen LogP contribution in [-0.4, -0.2) is 81.1 Å². The van der Waals surface area contributed by atoms with Gasteiger partial charge in [-0.2, -0.15) is 0 Å². The van der Waals surface area contributed by atoms with Crippen LogP contribution < -0.4 is 0 Å². The fourth-order valence-corrected chi connectivity index (χ4v) is 19.5. The van der Waals surface area contributed by atoms with Gasteiger partial charge in [0.15, 0.2) is 0 Å². The zero-order valence-electron chi connectivity index (χ0n) is 21.3. The van der Waals surface area contributed by atoms with Gasteiger partial charge in [0.1, 0.15) is 0 Å². The standard InChI is InChI=1S/C20H48O7Si3/c1-18(2)28(24-10,15-12-21-7)26-30(20(5)6,17-14-23-9)27-29(25-11,19(3)4)16-13-22-8/h18-20H,12-17H2,1-11H3. The minimum Gasteiger partial charge on any atom is -0.414 e. The van der Waals surface area contributed by atoms with Crippen LogP contribution in [0.15, 0.2) is 0 Å². The molecule has 0 fully saturated rings. The van der Waals surface area contributed by atoms with Gasteiger partial charge in [0.2, 0.25) is 0 Å². The highest BCUT2D eigenvalue weighted by molar-refractivity contribution is 6.88. The van der Waals surface area contributed by atoms with Gasteiger partial charge >= 0.3 is 25.7 Å². The van der Waals surface area contributed by atoms with Crippen molar-refractivity contribution in [2.45, 2.75) is 76.3 Å². The predicted octanol–water partition coefficient (Wildman–Crippen LogP) is 4.81. The van der Waals surface area contributed by atoms with Crippen molar-refractivity contribution < 1.29 is 31.3 Å². The van der Waals surface area contributed by atoms with Crippen LogP contribution in [0.25, 0.3) is 0 Å². The summed E-state index contributed by atoms with van der Waals surface area (Å²) in [6.07, 6.45) is 0. The van der Waals surface area contributed by atoms with Crippen LogP contribution in [0, 0.1) is 0 Å². The minimum atomic E-state index is -2.79. The Balaban J connectivity index is 6.36. The number of hydrogen-bond acceptors (Lipinski definition) is 7. The van der Waals surface area contributed by atoms with Crippen LogP contribution in [0.1, 0.15) is 41.5 Å². The normalized spacial score (nSPS) is 18.6. The fourth-order valence-electron chi connectivity index (χ4n) is 3.64. The van der Waals surface area contributed by atoms with Gasteiger partial charge in [-0.05, 0) is 16.6 Å². The molecule has 2 unspecified atom stereocenters. The second-order valence-electron chi connectivity index (χ2n) is 8.74. The number of methoxy groups -OCH3 is 3. The largest absolute Gasteiger partial charge is 0.414 e. The zero-order chi connectivity index (χ0) is 23.4. The second-order valence-corrected chi connectivity index (χ2v) is 21.0. The molecule has 0 spiro atoms. The Morgan fingerprint density at radius 3 is 0.933 bits per heavy atom. The molecular weight excluding hydrogens is 436 g/mol. The molecule has 182 valence electrons. The summed E-state index contributed by atoms with van der Waals surface area (Å²) >= 11 is 0. The molecule has 0 aliphatic carbocycles. The van der Waals surface area contributed by atoms with Crippen LogP contribution in [-0.2, 0) is 31.3 Å². The van der Waals surface area contributed by atoms with Crippen LogP contribution in [0.3, 0.4) is 0 Å². The molecule has 0 aromatic heterocycles. The van der Waals surface area contributed by atoms with Crippen molar-refractivity contribution in [1.29, 1.82) is 0 Å². The zero-order valence-corrected chi connectivity index (χ0v) is 24.3. The van der Waals surface area contributed by atoms with E-state index in [1.165, 1.54) is 0 Å². The summed E-state index contributed by atoms with van der Waals surface area (Å²) in [5, 5.41) is 0. The Morgan fingerprint density at radius 1 is 0.467 bits per heavy atom. The van der Waals surface area contributed by atoms with Crippen LogP contribution in [0.5, 0.6) is 0 Å². The Morgan fingerprint density at radius 2 is 0.733 bits per heavy atom. The van der Waals surface area contributed by atoms with Gasteiger partial charge in [-0.15, -0.1) is 0 Å². The van der Waals surface area contributed by atoms with Gasteiger partial charge in [0.05, 0.1) is 0 Å². The molecule has 10 heteroatoms. The van der Waals surface area contributed by atoms with E-state index in [0.29, 0.717) is 19.8 Å². The number of ether oxygens (including phenoxy) is 3. The molecule has 0 aliphatic rings. The molecule has 0 aromatic rings. The molecule has 0 amide bonds. The molecule has 2 atom stereocenters. The summed E-state index contributed by atoms with van der Waals surface area (Å²) < 4.78 is 43.0. The highest BCUT2D eigenvalue weighted by Crippen LogP contribution is 2.42. The van der Waals surface area contributed by atoms with Crippen molar-refractivity contribution in [3.63, 3.8) is 0 Å². The molecule has 7 nitrogen and oxygen atoms in total. The molecule has 0 N–H and O–H groups in total. The smallest absolute Gasteiger partial charge is 0.334 e. The van der Waals surface area contributed by atoms with E-state index in [-0.39, 0.29) is 16.6 Å². The maximum absolute atomic E-state index is 7.18. The van der Waals surface area contributed by atoms with Crippen LogP contribution >= 0.6 is 0 Å². The van der Waals surface area contributed by atoms with Gasteiger partial charge in [-0.3, -0.25) is 0 Å². The summed E-state index contributed by atoms with van der Waals surface area (Å²) in [7, 11) is 0.700. The van der Waals surface area contributed by atoms with Crippen molar-refractivity contribution in [2.24, 2.45) is 0 Å². The second kappa shape index (κ2) is 14.5. The molecule has 0 rings (SSSR count). The Bertz CT molecular complexity index is 424.